The number of amides is 1. The molecular formula is C15H12N2O4. The first-order chi connectivity index (χ1) is 10.2. The number of carbonyl (C=O) groups excluding carboxylic acids is 1. The van der Waals surface area contributed by atoms with E-state index in [0.717, 1.165) is 5.56 Å². The van der Waals surface area contributed by atoms with Gasteiger partial charge >= 0.3 is 0 Å². The van der Waals surface area contributed by atoms with Gasteiger partial charge in [-0.05, 0) is 11.1 Å². The molecule has 1 amide bonds. The van der Waals surface area contributed by atoms with Gasteiger partial charge in [0.2, 0.25) is 0 Å². The second-order valence-electron chi connectivity index (χ2n) is 4.67. The van der Waals surface area contributed by atoms with Crippen molar-refractivity contribution < 1.29 is 14.6 Å². The fraction of sp³-hybridized carbons (Fsp3) is 0.133. The summed E-state index contributed by atoms with van der Waals surface area (Å²) in [5.41, 5.74) is 1.48. The predicted molar refractivity (Wildman–Crippen MR) is 74.2 cm³/mol. The number of hydroxylamine groups is 2. The number of carbonyl (C=O) groups is 1. The molecule has 6 heteroatoms. The summed E-state index contributed by atoms with van der Waals surface area (Å²) in [5.74, 6) is -0.465. The summed E-state index contributed by atoms with van der Waals surface area (Å²) < 4.78 is 0. The van der Waals surface area contributed by atoms with E-state index in [4.69, 9.17) is 4.84 Å². The zero-order chi connectivity index (χ0) is 14.8. The van der Waals surface area contributed by atoms with Crippen LogP contribution in [0.2, 0.25) is 0 Å². The predicted octanol–water partition coefficient (Wildman–Crippen LogP) is 2.68. The van der Waals surface area contributed by atoms with Crippen LogP contribution in [0.25, 0.3) is 0 Å². The minimum atomic E-state index is -0.544. The van der Waals surface area contributed by atoms with Crippen LogP contribution >= 0.6 is 0 Å². The van der Waals surface area contributed by atoms with Crippen molar-refractivity contribution in [3.05, 3.63) is 75.3 Å². The Morgan fingerprint density at radius 2 is 1.90 bits per heavy atom. The van der Waals surface area contributed by atoms with E-state index in [9.17, 15) is 14.9 Å². The van der Waals surface area contributed by atoms with E-state index in [1.165, 1.54) is 11.1 Å². The standard InChI is InChI=1S/C15H12N2O4/c18-15-14-12(7-4-8-13(14)17(19)20)9-16(15)21-10-11-5-2-1-3-6-11/h1-8H,9-10H2. The smallest absolute Gasteiger partial charge is 0.266 e. The number of rotatable bonds is 4. The number of benzene rings is 2. The van der Waals surface area contributed by atoms with Gasteiger partial charge in [-0.15, -0.1) is 0 Å². The average Bonchev–Trinajstić information content (AvgIpc) is 2.83. The molecule has 0 aliphatic carbocycles. The third kappa shape index (κ3) is 2.48. The van der Waals surface area contributed by atoms with E-state index in [0.29, 0.717) is 5.56 Å². The number of nitro groups is 1. The summed E-state index contributed by atoms with van der Waals surface area (Å²) >= 11 is 0. The SMILES string of the molecule is O=C1c2c(cccc2[N+](=O)[O-])CN1OCc1ccccc1. The van der Waals surface area contributed by atoms with Gasteiger partial charge in [0, 0.05) is 6.07 Å². The van der Waals surface area contributed by atoms with E-state index in [2.05, 4.69) is 0 Å². The lowest BCUT2D eigenvalue weighted by molar-refractivity contribution is -0.385. The van der Waals surface area contributed by atoms with Crippen molar-refractivity contribution >= 4 is 11.6 Å². The highest BCUT2D eigenvalue weighted by Gasteiger charge is 2.35. The van der Waals surface area contributed by atoms with Gasteiger partial charge in [0.15, 0.2) is 0 Å². The summed E-state index contributed by atoms with van der Waals surface area (Å²) in [7, 11) is 0. The van der Waals surface area contributed by atoms with Crippen LogP contribution in [0.1, 0.15) is 21.5 Å². The lowest BCUT2D eigenvalue weighted by Crippen LogP contribution is -2.24. The summed E-state index contributed by atoms with van der Waals surface area (Å²) in [4.78, 5) is 28.2. The quantitative estimate of drug-likeness (QED) is 0.639. The maximum Gasteiger partial charge on any atom is 0.285 e. The molecule has 0 aromatic heterocycles. The van der Waals surface area contributed by atoms with Gasteiger partial charge in [0.05, 0.1) is 11.5 Å². The highest BCUT2D eigenvalue weighted by Crippen LogP contribution is 2.30. The molecule has 106 valence electrons. The van der Waals surface area contributed by atoms with Gasteiger partial charge in [0.25, 0.3) is 11.6 Å². The molecule has 21 heavy (non-hydrogen) atoms. The fourth-order valence-electron chi connectivity index (χ4n) is 2.30. The molecular weight excluding hydrogens is 272 g/mol. The molecule has 2 aromatic carbocycles. The summed E-state index contributed by atoms with van der Waals surface area (Å²) in [6, 6.07) is 14.0. The number of nitro benzene ring substituents is 1. The maximum absolute atomic E-state index is 12.2. The Kier molecular flexibility index (Phi) is 3.37. The topological polar surface area (TPSA) is 72.7 Å². The van der Waals surface area contributed by atoms with Crippen molar-refractivity contribution in [1.82, 2.24) is 5.06 Å². The highest BCUT2D eigenvalue weighted by atomic mass is 16.7. The Morgan fingerprint density at radius 3 is 2.62 bits per heavy atom. The van der Waals surface area contributed by atoms with Crippen LogP contribution in [0.4, 0.5) is 5.69 Å². The van der Waals surface area contributed by atoms with E-state index < -0.39 is 10.8 Å². The molecule has 0 fully saturated rings. The first-order valence-electron chi connectivity index (χ1n) is 6.42. The fourth-order valence-corrected chi connectivity index (χ4v) is 2.30. The van der Waals surface area contributed by atoms with Crippen molar-refractivity contribution in [2.75, 3.05) is 0 Å². The Balaban J connectivity index is 1.78. The summed E-state index contributed by atoms with van der Waals surface area (Å²) in [6.45, 7) is 0.469. The molecule has 0 saturated carbocycles. The molecule has 1 heterocycles. The van der Waals surface area contributed by atoms with Gasteiger partial charge in [0.1, 0.15) is 12.2 Å². The molecule has 1 aliphatic rings. The monoisotopic (exact) mass is 284 g/mol. The molecule has 0 saturated heterocycles. The summed E-state index contributed by atoms with van der Waals surface area (Å²) in [6.07, 6.45) is 0. The molecule has 2 aromatic rings. The van der Waals surface area contributed by atoms with Crippen LogP contribution in [0.5, 0.6) is 0 Å². The molecule has 6 nitrogen and oxygen atoms in total. The van der Waals surface area contributed by atoms with E-state index in [1.807, 2.05) is 30.3 Å². The number of hydrogen-bond acceptors (Lipinski definition) is 4. The normalized spacial score (nSPS) is 13.3. The van der Waals surface area contributed by atoms with Crippen molar-refractivity contribution in [3.8, 4) is 0 Å². The third-order valence-electron chi connectivity index (χ3n) is 3.31. The van der Waals surface area contributed by atoms with E-state index in [1.54, 1.807) is 12.1 Å². The van der Waals surface area contributed by atoms with Gasteiger partial charge in [-0.3, -0.25) is 19.7 Å². The van der Waals surface area contributed by atoms with Gasteiger partial charge in [-0.25, -0.2) is 5.06 Å². The molecule has 0 spiro atoms. The number of hydrogen-bond donors (Lipinski definition) is 0. The van der Waals surface area contributed by atoms with Crippen LogP contribution in [-0.4, -0.2) is 15.9 Å². The Morgan fingerprint density at radius 1 is 1.14 bits per heavy atom. The van der Waals surface area contributed by atoms with E-state index in [-0.39, 0.29) is 24.4 Å². The Bertz CT molecular complexity index is 700. The van der Waals surface area contributed by atoms with Crippen LogP contribution in [-0.2, 0) is 18.0 Å². The van der Waals surface area contributed by atoms with Crippen LogP contribution in [0.15, 0.2) is 48.5 Å². The van der Waals surface area contributed by atoms with Crippen LogP contribution < -0.4 is 0 Å². The molecule has 1 aliphatic heterocycles. The van der Waals surface area contributed by atoms with Crippen LogP contribution in [0, 0.1) is 10.1 Å². The van der Waals surface area contributed by atoms with Crippen molar-refractivity contribution in [2.24, 2.45) is 0 Å². The first-order valence-corrected chi connectivity index (χ1v) is 6.42. The summed E-state index contributed by atoms with van der Waals surface area (Å²) in [5, 5.41) is 12.2. The lowest BCUT2D eigenvalue weighted by atomic mass is 10.1. The van der Waals surface area contributed by atoms with E-state index >= 15 is 0 Å². The Labute approximate surface area is 120 Å². The minimum Gasteiger partial charge on any atom is -0.266 e. The average molecular weight is 284 g/mol. The molecule has 0 atom stereocenters. The second kappa shape index (κ2) is 5.34. The highest BCUT2D eigenvalue weighted by molar-refractivity contribution is 6.01. The van der Waals surface area contributed by atoms with Crippen molar-refractivity contribution in [1.29, 1.82) is 0 Å². The van der Waals surface area contributed by atoms with Crippen molar-refractivity contribution in [3.63, 3.8) is 0 Å². The largest absolute Gasteiger partial charge is 0.285 e. The lowest BCUT2D eigenvalue weighted by Gasteiger charge is -2.15. The number of nitrogens with zero attached hydrogens (tertiary/aromatic N) is 2. The van der Waals surface area contributed by atoms with Gasteiger partial charge in [-0.1, -0.05) is 42.5 Å². The molecule has 0 N–H and O–H groups in total. The maximum atomic E-state index is 12.2. The van der Waals surface area contributed by atoms with Crippen LogP contribution in [0.3, 0.4) is 0 Å². The molecule has 0 bridgehead atoms. The third-order valence-corrected chi connectivity index (χ3v) is 3.31. The Hall–Kier alpha value is -2.73. The minimum absolute atomic E-state index is 0.121. The van der Waals surface area contributed by atoms with Crippen molar-refractivity contribution in [2.45, 2.75) is 13.2 Å². The second-order valence-corrected chi connectivity index (χ2v) is 4.67. The zero-order valence-corrected chi connectivity index (χ0v) is 11.1. The first kappa shape index (κ1) is 13.3. The van der Waals surface area contributed by atoms with Gasteiger partial charge < -0.3 is 0 Å². The molecule has 0 unspecified atom stereocenters. The molecule has 3 rings (SSSR count). The molecule has 0 radical (unpaired) electrons. The zero-order valence-electron chi connectivity index (χ0n) is 11.1. The van der Waals surface area contributed by atoms with Gasteiger partial charge in [-0.2, -0.15) is 0 Å². The number of fused-ring (bicyclic) bond motifs is 1.